The Morgan fingerprint density at radius 1 is 0.636 bits per heavy atom. The second-order valence-electron chi connectivity index (χ2n) is 8.88. The minimum absolute atomic E-state index is 0.0861. The maximum absolute atomic E-state index is 16.0. The van der Waals surface area contributed by atoms with E-state index in [-0.39, 0.29) is 5.82 Å². The van der Waals surface area contributed by atoms with Gasteiger partial charge in [0.25, 0.3) is 0 Å². The van der Waals surface area contributed by atoms with E-state index in [9.17, 15) is 0 Å². The Hall–Kier alpha value is -2.97. The highest BCUT2D eigenvalue weighted by Gasteiger charge is 2.20. The van der Waals surface area contributed by atoms with Crippen molar-refractivity contribution in [3.8, 4) is 22.3 Å². The molecule has 0 fully saturated rings. The van der Waals surface area contributed by atoms with E-state index in [0.29, 0.717) is 6.54 Å². The molecule has 0 bridgehead atoms. The van der Waals surface area contributed by atoms with Crippen molar-refractivity contribution in [2.24, 2.45) is 5.73 Å². The fraction of sp³-hybridized carbons (Fsp3) is 0.290. The molecule has 0 aliphatic rings. The van der Waals surface area contributed by atoms with Crippen molar-refractivity contribution in [1.29, 1.82) is 0 Å². The lowest BCUT2D eigenvalue weighted by Gasteiger charge is -2.20. The van der Waals surface area contributed by atoms with Crippen LogP contribution in [0.3, 0.4) is 0 Å². The summed E-state index contributed by atoms with van der Waals surface area (Å²) in [6.07, 6.45) is 6.32. The van der Waals surface area contributed by atoms with Crippen molar-refractivity contribution in [1.82, 2.24) is 0 Å². The normalized spacial score (nSPS) is 11.3. The highest BCUT2D eigenvalue weighted by Crippen LogP contribution is 2.38. The van der Waals surface area contributed by atoms with E-state index >= 15 is 4.39 Å². The van der Waals surface area contributed by atoms with Crippen molar-refractivity contribution < 1.29 is 4.39 Å². The largest absolute Gasteiger partial charge is 0.326 e. The monoisotopic (exact) mass is 439 g/mol. The standard InChI is InChI=1S/C31H34FN/c1-3-5-9-26-27-11-7-8-12-29(27)31(32)30(28(26)10-6-4-2)25-19-17-24(18-20-25)23-15-13-22(21-33)14-16-23/h7-8,11-20H,3-6,9-10,21,33H2,1-2H3. The predicted octanol–water partition coefficient (Wildman–Crippen LogP) is 8.46. The molecule has 33 heavy (non-hydrogen) atoms. The van der Waals surface area contributed by atoms with Crippen LogP contribution < -0.4 is 5.73 Å². The van der Waals surface area contributed by atoms with E-state index in [4.69, 9.17) is 5.73 Å². The summed E-state index contributed by atoms with van der Waals surface area (Å²) >= 11 is 0. The molecule has 0 saturated carbocycles. The molecule has 1 nitrogen and oxygen atoms in total. The molecule has 0 aliphatic heterocycles. The van der Waals surface area contributed by atoms with Crippen LogP contribution in [0.2, 0.25) is 0 Å². The van der Waals surface area contributed by atoms with E-state index in [0.717, 1.165) is 77.1 Å². The summed E-state index contributed by atoms with van der Waals surface area (Å²) in [5.41, 5.74) is 13.4. The molecule has 170 valence electrons. The highest BCUT2D eigenvalue weighted by atomic mass is 19.1. The molecule has 4 rings (SSSR count). The third kappa shape index (κ3) is 4.86. The SMILES string of the molecule is CCCCc1c(-c2ccc(-c3ccc(CN)cc3)cc2)c(F)c2ccccc2c1CCCC. The number of hydrogen-bond acceptors (Lipinski definition) is 1. The molecule has 0 aliphatic carbocycles. The fourth-order valence-corrected chi connectivity index (χ4v) is 4.75. The third-order valence-electron chi connectivity index (χ3n) is 6.63. The number of unbranched alkanes of at least 4 members (excludes halogenated alkanes) is 2. The average molecular weight is 440 g/mol. The van der Waals surface area contributed by atoms with Gasteiger partial charge >= 0.3 is 0 Å². The molecule has 2 N–H and O–H groups in total. The number of halogens is 1. The summed E-state index contributed by atoms with van der Waals surface area (Å²) in [5.74, 6) is -0.0861. The molecule has 0 saturated heterocycles. The molecule has 0 amide bonds. The zero-order valence-electron chi connectivity index (χ0n) is 19.8. The molecule has 0 unspecified atom stereocenters. The van der Waals surface area contributed by atoms with Crippen molar-refractivity contribution in [2.45, 2.75) is 58.9 Å². The number of fused-ring (bicyclic) bond motifs is 1. The van der Waals surface area contributed by atoms with Crippen LogP contribution in [-0.4, -0.2) is 0 Å². The van der Waals surface area contributed by atoms with Crippen LogP contribution >= 0.6 is 0 Å². The molecule has 0 spiro atoms. The first-order valence-electron chi connectivity index (χ1n) is 12.3. The van der Waals surface area contributed by atoms with Crippen molar-refractivity contribution in [3.63, 3.8) is 0 Å². The van der Waals surface area contributed by atoms with Crippen LogP contribution in [0.1, 0.15) is 56.2 Å². The van der Waals surface area contributed by atoms with Gasteiger partial charge in [0.1, 0.15) is 5.82 Å². The van der Waals surface area contributed by atoms with Gasteiger partial charge in [0.2, 0.25) is 0 Å². The van der Waals surface area contributed by atoms with Gasteiger partial charge in [-0.15, -0.1) is 0 Å². The first-order valence-corrected chi connectivity index (χ1v) is 12.3. The van der Waals surface area contributed by atoms with Crippen LogP contribution in [0.4, 0.5) is 4.39 Å². The molecule has 0 aromatic heterocycles. The van der Waals surface area contributed by atoms with Gasteiger partial charge in [0.15, 0.2) is 0 Å². The Morgan fingerprint density at radius 2 is 1.15 bits per heavy atom. The summed E-state index contributed by atoms with van der Waals surface area (Å²) < 4.78 is 16.0. The zero-order chi connectivity index (χ0) is 23.2. The Bertz CT molecular complexity index is 1210. The Morgan fingerprint density at radius 3 is 1.73 bits per heavy atom. The van der Waals surface area contributed by atoms with Crippen molar-refractivity contribution in [2.75, 3.05) is 0 Å². The van der Waals surface area contributed by atoms with Gasteiger partial charge in [-0.2, -0.15) is 0 Å². The molecule has 4 aromatic carbocycles. The summed E-state index contributed by atoms with van der Waals surface area (Å²) in [5, 5.41) is 1.82. The highest BCUT2D eigenvalue weighted by molar-refractivity contribution is 5.93. The van der Waals surface area contributed by atoms with E-state index < -0.39 is 0 Å². The molecule has 2 heteroatoms. The second kappa shape index (κ2) is 10.8. The van der Waals surface area contributed by atoms with Crippen LogP contribution in [-0.2, 0) is 19.4 Å². The van der Waals surface area contributed by atoms with Gasteiger partial charge in [0, 0.05) is 17.5 Å². The Balaban J connectivity index is 1.85. The quantitative estimate of drug-likeness (QED) is 0.278. The molecule has 0 heterocycles. The third-order valence-corrected chi connectivity index (χ3v) is 6.63. The van der Waals surface area contributed by atoms with E-state index in [2.05, 4.69) is 68.4 Å². The Kier molecular flexibility index (Phi) is 7.57. The number of aryl methyl sites for hydroxylation is 1. The number of benzene rings is 4. The number of hydrogen-bond donors (Lipinski definition) is 1. The van der Waals surface area contributed by atoms with Crippen LogP contribution in [0, 0.1) is 5.82 Å². The van der Waals surface area contributed by atoms with Crippen molar-refractivity contribution in [3.05, 3.63) is 95.3 Å². The lowest BCUT2D eigenvalue weighted by atomic mass is 9.85. The lowest BCUT2D eigenvalue weighted by Crippen LogP contribution is -2.03. The molecule has 0 radical (unpaired) electrons. The average Bonchev–Trinajstić information content (AvgIpc) is 2.87. The number of nitrogens with two attached hydrogens (primary N) is 1. The van der Waals surface area contributed by atoms with E-state index in [1.807, 2.05) is 18.2 Å². The molecule has 4 aromatic rings. The maximum Gasteiger partial charge on any atom is 0.139 e. The minimum atomic E-state index is -0.0861. The molecular formula is C31H34FN. The maximum atomic E-state index is 16.0. The van der Waals surface area contributed by atoms with E-state index in [1.54, 1.807) is 0 Å². The second-order valence-corrected chi connectivity index (χ2v) is 8.88. The van der Waals surface area contributed by atoms with Gasteiger partial charge in [0.05, 0.1) is 0 Å². The van der Waals surface area contributed by atoms with Gasteiger partial charge in [-0.1, -0.05) is 99.5 Å². The number of rotatable bonds is 9. The minimum Gasteiger partial charge on any atom is -0.326 e. The predicted molar refractivity (Wildman–Crippen MR) is 140 cm³/mol. The zero-order valence-corrected chi connectivity index (χ0v) is 19.8. The summed E-state index contributed by atoms with van der Waals surface area (Å²) in [4.78, 5) is 0. The fourth-order valence-electron chi connectivity index (χ4n) is 4.75. The van der Waals surface area contributed by atoms with Crippen LogP contribution in [0.25, 0.3) is 33.0 Å². The van der Waals surface area contributed by atoms with Crippen molar-refractivity contribution >= 4 is 10.8 Å². The van der Waals surface area contributed by atoms with Gasteiger partial charge in [-0.25, -0.2) is 4.39 Å². The van der Waals surface area contributed by atoms with Crippen LogP contribution in [0.5, 0.6) is 0 Å². The lowest BCUT2D eigenvalue weighted by molar-refractivity contribution is 0.638. The van der Waals surface area contributed by atoms with E-state index in [1.165, 1.54) is 11.1 Å². The molecule has 0 atom stereocenters. The van der Waals surface area contributed by atoms with Gasteiger partial charge in [-0.3, -0.25) is 0 Å². The Labute approximate surface area is 197 Å². The van der Waals surface area contributed by atoms with Gasteiger partial charge < -0.3 is 5.73 Å². The first-order chi connectivity index (χ1) is 16.2. The first kappa shape index (κ1) is 23.2. The summed E-state index contributed by atoms with van der Waals surface area (Å²) in [6, 6.07) is 24.7. The summed E-state index contributed by atoms with van der Waals surface area (Å²) in [6.45, 7) is 4.96. The summed E-state index contributed by atoms with van der Waals surface area (Å²) in [7, 11) is 0. The van der Waals surface area contributed by atoms with Gasteiger partial charge in [-0.05, 0) is 64.5 Å². The smallest absolute Gasteiger partial charge is 0.139 e. The van der Waals surface area contributed by atoms with Crippen LogP contribution in [0.15, 0.2) is 72.8 Å². The molecular weight excluding hydrogens is 405 g/mol. The topological polar surface area (TPSA) is 26.0 Å².